The summed E-state index contributed by atoms with van der Waals surface area (Å²) in [6.07, 6.45) is 4.44. The second-order valence-electron chi connectivity index (χ2n) is 9.76. The van der Waals surface area contributed by atoms with Crippen LogP contribution in [0.5, 0.6) is 0 Å². The maximum atomic E-state index is 11.8. The normalized spacial score (nSPS) is 29.4. The smallest absolute Gasteiger partial charge is 0.261 e. The van der Waals surface area contributed by atoms with Gasteiger partial charge in [-0.15, -0.1) is 0 Å². The van der Waals surface area contributed by atoms with E-state index >= 15 is 0 Å². The number of carbonyl (C=O) groups excluding carboxylic acids is 1. The molecule has 0 unspecified atom stereocenters. The molecule has 4 atom stereocenters. The third-order valence-corrected chi connectivity index (χ3v) is 12.3. The fourth-order valence-electron chi connectivity index (χ4n) is 5.73. The molecule has 28 heavy (non-hydrogen) atoms. The standard InChI is InChI=1S/C25H32O2Si/c1-5-21-22-16-25(22,18-26)17-23(21)27-28(24(2,3)4,19-12-8-6-9-13-19)20-14-10-7-11-15-20/h6-15,18,21-23H,5,16-17H2,1-4H3/t21-,22-,23+,25+/m0/s1. The first-order valence-electron chi connectivity index (χ1n) is 10.6. The SMILES string of the molecule is CC[C@@H]1[C@H](O[Si](c2ccccc2)(c2ccccc2)C(C)(C)C)C[C@@]2(C=O)C[C@@H]12. The molecule has 0 amide bonds. The van der Waals surface area contributed by atoms with Crippen LogP contribution >= 0.6 is 0 Å². The fraction of sp³-hybridized carbons (Fsp3) is 0.480. The second kappa shape index (κ2) is 6.96. The summed E-state index contributed by atoms with van der Waals surface area (Å²) in [5, 5.41) is 2.63. The van der Waals surface area contributed by atoms with Gasteiger partial charge in [-0.05, 0) is 40.1 Å². The molecular formula is C25H32O2Si. The molecule has 0 aromatic heterocycles. The minimum Gasteiger partial charge on any atom is -0.404 e. The lowest BCUT2D eigenvalue weighted by molar-refractivity contribution is -0.112. The Morgan fingerprint density at radius 2 is 1.54 bits per heavy atom. The van der Waals surface area contributed by atoms with Crippen LogP contribution in [0.2, 0.25) is 5.04 Å². The second-order valence-corrected chi connectivity index (χ2v) is 14.0. The molecule has 0 bridgehead atoms. The van der Waals surface area contributed by atoms with Crippen molar-refractivity contribution >= 4 is 25.0 Å². The molecule has 4 rings (SSSR count). The first-order valence-corrected chi connectivity index (χ1v) is 12.5. The van der Waals surface area contributed by atoms with Crippen molar-refractivity contribution in [3.63, 3.8) is 0 Å². The van der Waals surface area contributed by atoms with Crippen LogP contribution in [0.3, 0.4) is 0 Å². The summed E-state index contributed by atoms with van der Waals surface area (Å²) in [5.41, 5.74) is -0.100. The van der Waals surface area contributed by atoms with E-state index in [2.05, 4.69) is 88.4 Å². The van der Waals surface area contributed by atoms with Crippen molar-refractivity contribution < 1.29 is 9.22 Å². The molecule has 2 fully saturated rings. The van der Waals surface area contributed by atoms with Crippen molar-refractivity contribution in [3.05, 3.63) is 60.7 Å². The van der Waals surface area contributed by atoms with Crippen molar-refractivity contribution in [3.8, 4) is 0 Å². The number of hydrogen-bond donors (Lipinski definition) is 0. The Hall–Kier alpha value is -1.71. The van der Waals surface area contributed by atoms with E-state index < -0.39 is 8.32 Å². The van der Waals surface area contributed by atoms with Gasteiger partial charge in [0.25, 0.3) is 8.32 Å². The molecule has 0 radical (unpaired) electrons. The predicted octanol–water partition coefficient (Wildman–Crippen LogP) is 4.57. The molecule has 3 heteroatoms. The number of rotatable bonds is 6. The highest BCUT2D eigenvalue weighted by Crippen LogP contribution is 2.66. The summed E-state index contributed by atoms with van der Waals surface area (Å²) in [6.45, 7) is 9.23. The fourth-order valence-corrected chi connectivity index (χ4v) is 10.5. The summed E-state index contributed by atoms with van der Waals surface area (Å²) in [4.78, 5) is 11.8. The van der Waals surface area contributed by atoms with Crippen LogP contribution in [-0.2, 0) is 9.22 Å². The van der Waals surface area contributed by atoms with Crippen molar-refractivity contribution in [2.24, 2.45) is 17.3 Å². The predicted molar refractivity (Wildman–Crippen MR) is 117 cm³/mol. The molecular weight excluding hydrogens is 360 g/mol. The Morgan fingerprint density at radius 1 is 1.00 bits per heavy atom. The maximum Gasteiger partial charge on any atom is 0.261 e. The molecule has 148 valence electrons. The van der Waals surface area contributed by atoms with Crippen LogP contribution in [-0.4, -0.2) is 20.7 Å². The molecule has 0 saturated heterocycles. The van der Waals surface area contributed by atoms with Crippen LogP contribution in [0.1, 0.15) is 47.0 Å². The van der Waals surface area contributed by atoms with Gasteiger partial charge in [0, 0.05) is 11.5 Å². The highest BCUT2D eigenvalue weighted by atomic mass is 28.4. The molecule has 2 saturated carbocycles. The highest BCUT2D eigenvalue weighted by molar-refractivity contribution is 6.99. The molecule has 0 spiro atoms. The Labute approximate surface area is 170 Å². The van der Waals surface area contributed by atoms with Gasteiger partial charge < -0.3 is 9.22 Å². The number of aldehydes is 1. The molecule has 2 nitrogen and oxygen atoms in total. The molecule has 0 heterocycles. The monoisotopic (exact) mass is 392 g/mol. The van der Waals surface area contributed by atoms with Gasteiger partial charge in [-0.1, -0.05) is 94.8 Å². The molecule has 0 N–H and O–H groups in total. The van der Waals surface area contributed by atoms with E-state index in [0.717, 1.165) is 19.3 Å². The van der Waals surface area contributed by atoms with Gasteiger partial charge in [0.1, 0.15) is 6.29 Å². The first kappa shape index (κ1) is 19.6. The van der Waals surface area contributed by atoms with E-state index in [0.29, 0.717) is 11.8 Å². The third-order valence-electron chi connectivity index (χ3n) is 7.20. The van der Waals surface area contributed by atoms with E-state index in [-0.39, 0.29) is 16.6 Å². The van der Waals surface area contributed by atoms with Crippen LogP contribution in [0, 0.1) is 17.3 Å². The maximum absolute atomic E-state index is 11.8. The topological polar surface area (TPSA) is 26.3 Å². The number of carbonyl (C=O) groups is 1. The zero-order valence-corrected chi connectivity index (χ0v) is 18.5. The van der Waals surface area contributed by atoms with Crippen LogP contribution in [0.25, 0.3) is 0 Å². The Balaban J connectivity index is 1.83. The van der Waals surface area contributed by atoms with Gasteiger partial charge in [0.2, 0.25) is 0 Å². The third kappa shape index (κ3) is 2.91. The number of hydrogen-bond acceptors (Lipinski definition) is 2. The first-order chi connectivity index (χ1) is 13.4. The average molecular weight is 393 g/mol. The molecule has 0 aliphatic heterocycles. The Morgan fingerprint density at radius 3 is 1.96 bits per heavy atom. The minimum absolute atomic E-state index is 0.0187. The number of fused-ring (bicyclic) bond motifs is 1. The Kier molecular flexibility index (Phi) is 4.87. The van der Waals surface area contributed by atoms with E-state index in [9.17, 15) is 4.79 Å². The van der Waals surface area contributed by atoms with E-state index in [1.165, 1.54) is 16.7 Å². The summed E-state index contributed by atoms with van der Waals surface area (Å²) < 4.78 is 7.35. The summed E-state index contributed by atoms with van der Waals surface area (Å²) in [7, 11) is -2.54. The summed E-state index contributed by atoms with van der Waals surface area (Å²) in [5.74, 6) is 1.02. The van der Waals surface area contributed by atoms with E-state index in [1.807, 2.05) is 0 Å². The van der Waals surface area contributed by atoms with Gasteiger partial charge >= 0.3 is 0 Å². The van der Waals surface area contributed by atoms with Gasteiger partial charge in [-0.2, -0.15) is 0 Å². The van der Waals surface area contributed by atoms with Crippen molar-refractivity contribution in [1.82, 2.24) is 0 Å². The lowest BCUT2D eigenvalue weighted by atomic mass is 9.98. The molecule has 2 aliphatic carbocycles. The van der Waals surface area contributed by atoms with Crippen LogP contribution in [0.4, 0.5) is 0 Å². The Bertz CT molecular complexity index is 787. The van der Waals surface area contributed by atoms with Crippen LogP contribution in [0.15, 0.2) is 60.7 Å². The van der Waals surface area contributed by atoms with E-state index in [1.54, 1.807) is 0 Å². The van der Waals surface area contributed by atoms with Crippen molar-refractivity contribution in [2.45, 2.75) is 58.1 Å². The quantitative estimate of drug-likeness (QED) is 0.532. The summed E-state index contributed by atoms with van der Waals surface area (Å²) >= 11 is 0. The molecule has 2 aliphatic rings. The zero-order valence-electron chi connectivity index (χ0n) is 17.5. The van der Waals surface area contributed by atoms with Crippen LogP contribution < -0.4 is 10.4 Å². The van der Waals surface area contributed by atoms with E-state index in [4.69, 9.17) is 4.43 Å². The summed E-state index contributed by atoms with van der Waals surface area (Å²) in [6, 6.07) is 21.7. The lowest BCUT2D eigenvalue weighted by Gasteiger charge is -2.46. The van der Waals surface area contributed by atoms with Gasteiger partial charge in [0.05, 0.1) is 0 Å². The zero-order chi connectivity index (χ0) is 20.0. The van der Waals surface area contributed by atoms with Gasteiger partial charge in [-0.3, -0.25) is 0 Å². The lowest BCUT2D eigenvalue weighted by Crippen LogP contribution is -2.68. The van der Waals surface area contributed by atoms with Gasteiger partial charge in [-0.25, -0.2) is 0 Å². The van der Waals surface area contributed by atoms with Crippen molar-refractivity contribution in [1.29, 1.82) is 0 Å². The molecule has 2 aromatic carbocycles. The number of benzene rings is 2. The minimum atomic E-state index is -2.54. The molecule has 2 aromatic rings. The highest BCUT2D eigenvalue weighted by Gasteiger charge is 2.66. The van der Waals surface area contributed by atoms with Crippen molar-refractivity contribution in [2.75, 3.05) is 0 Å². The average Bonchev–Trinajstić information content (AvgIpc) is 3.33. The van der Waals surface area contributed by atoms with Gasteiger partial charge in [0.15, 0.2) is 0 Å². The largest absolute Gasteiger partial charge is 0.404 e.